The van der Waals surface area contributed by atoms with Crippen molar-refractivity contribution in [2.75, 3.05) is 14.2 Å². The molecule has 0 saturated carbocycles. The van der Waals surface area contributed by atoms with Crippen LogP contribution in [0.1, 0.15) is 33.4 Å². The van der Waals surface area contributed by atoms with E-state index in [0.29, 0.717) is 0 Å². The molecule has 0 aliphatic carbocycles. The maximum atomic E-state index is 5.65. The molecule has 0 radical (unpaired) electrons. The number of halogens is 3. The van der Waals surface area contributed by atoms with E-state index in [1.807, 2.05) is 42.5 Å². The fourth-order valence-electron chi connectivity index (χ4n) is 18.0. The third-order valence-corrected chi connectivity index (χ3v) is 25.7. The van der Waals surface area contributed by atoms with Crippen LogP contribution in [0.2, 0.25) is 0 Å². The second-order valence-electron chi connectivity index (χ2n) is 32.3. The van der Waals surface area contributed by atoms with E-state index < -0.39 is 0 Å². The molecule has 16 heterocycles. The lowest BCUT2D eigenvalue weighted by Gasteiger charge is -2.11. The summed E-state index contributed by atoms with van der Waals surface area (Å²) in [6, 6.07) is 108. The number of fused-ring (bicyclic) bond motifs is 25. The minimum Gasteiger partial charge on any atom is -0.496 e. The number of hydrogen-bond acceptors (Lipinski definition) is 8. The summed E-state index contributed by atoms with van der Waals surface area (Å²) < 4.78 is 31.0. The van der Waals surface area contributed by atoms with E-state index in [0.717, 1.165) is 159 Å². The normalized spacial score (nSPS) is 11.6. The summed E-state index contributed by atoms with van der Waals surface area (Å²) in [7, 11) is 3.42. The summed E-state index contributed by atoms with van der Waals surface area (Å²) in [6.07, 6.45) is 12.2. The van der Waals surface area contributed by atoms with Gasteiger partial charge in [-0.25, -0.2) is 24.9 Å². The average molecular weight is 1840 g/mol. The number of methoxy groups -OCH3 is 2. The van der Waals surface area contributed by atoms with Gasteiger partial charge in [-0.3, -0.25) is 0 Å². The monoisotopic (exact) mass is 1840 g/mol. The van der Waals surface area contributed by atoms with Gasteiger partial charge in [-0.2, -0.15) is 0 Å². The van der Waals surface area contributed by atoms with Crippen LogP contribution in [0.4, 0.5) is 0 Å². The van der Waals surface area contributed by atoms with Crippen molar-refractivity contribution in [3.8, 4) is 68.0 Å². The predicted octanol–water partition coefficient (Wildman–Crippen LogP) is 30.3. The second-order valence-corrected chi connectivity index (χ2v) is 35.1. The number of aromatic nitrogens is 10. The summed E-state index contributed by atoms with van der Waals surface area (Å²) in [6.45, 7) is 12.6. The highest BCUT2D eigenvalue weighted by Crippen LogP contribution is 2.44. The number of furan rings is 1. The van der Waals surface area contributed by atoms with Gasteiger partial charge in [0.2, 0.25) is 0 Å². The largest absolute Gasteiger partial charge is 0.496 e. The third kappa shape index (κ3) is 14.4. The minimum absolute atomic E-state index is 0.794. The first-order chi connectivity index (χ1) is 62.1. The van der Waals surface area contributed by atoms with E-state index in [2.05, 4.69) is 409 Å². The Kier molecular flexibility index (Phi) is 20.6. The Bertz CT molecular complexity index is 8410. The van der Waals surface area contributed by atoms with Gasteiger partial charge < -0.3 is 35.9 Å². The van der Waals surface area contributed by atoms with Gasteiger partial charge in [-0.1, -0.05) is 187 Å². The SMILES string of the molecule is COc1cc(-c2nc3ccccc3c3cc4c(C)cccn4c23)ccc1C.COc1cc(-c2nc3ccccc3c3cc4ccc(Br)cn4c23)ccc1C.Cc1ccc(-c2nc3ccccc3c3cc4ccc(Br)cn4c23)cc1.Cc1ccc(-c2nc3ccccc3c3cc4ccc(Br)cn4c23)cc1.Cc1cccn2c1cc1c3ccccc3nc(-c3ccco3)c12. The van der Waals surface area contributed by atoms with Gasteiger partial charge in [0.1, 0.15) is 17.2 Å². The Hall–Kier alpha value is -14.6. The highest BCUT2D eigenvalue weighted by Gasteiger charge is 2.23. The molecule has 0 amide bonds. The smallest absolute Gasteiger partial charge is 0.154 e. The van der Waals surface area contributed by atoms with Crippen LogP contribution in [-0.2, 0) is 0 Å². The summed E-state index contributed by atoms with van der Waals surface area (Å²) in [4.78, 5) is 25.0. The highest BCUT2D eigenvalue weighted by molar-refractivity contribution is 9.11. The van der Waals surface area contributed by atoms with E-state index >= 15 is 0 Å². The molecule has 16 heteroatoms. The van der Waals surface area contributed by atoms with Crippen LogP contribution in [0, 0.1) is 41.5 Å². The molecule has 25 aromatic rings. The lowest BCUT2D eigenvalue weighted by molar-refractivity contribution is 0.412. The fourth-order valence-corrected chi connectivity index (χ4v) is 19.0. The lowest BCUT2D eigenvalue weighted by Crippen LogP contribution is -1.94. The molecule has 25 rings (SSSR count). The van der Waals surface area contributed by atoms with Crippen molar-refractivity contribution >= 4 is 184 Å². The first kappa shape index (κ1) is 79.6. The minimum atomic E-state index is 0.794. The zero-order chi connectivity index (χ0) is 86.4. The zero-order valence-electron chi connectivity index (χ0n) is 70.7. The van der Waals surface area contributed by atoms with Crippen LogP contribution in [0.25, 0.3) is 193 Å². The molecule has 0 N–H and O–H groups in total. The topological polar surface area (TPSA) is 118 Å². The van der Waals surface area contributed by atoms with Crippen molar-refractivity contribution in [1.29, 1.82) is 0 Å². The van der Waals surface area contributed by atoms with Gasteiger partial charge in [0.15, 0.2) is 5.76 Å². The number of pyridine rings is 10. The summed E-state index contributed by atoms with van der Waals surface area (Å²) in [5.41, 5.74) is 33.1. The van der Waals surface area contributed by atoms with Gasteiger partial charge in [-0.15, -0.1) is 0 Å². The summed E-state index contributed by atoms with van der Waals surface area (Å²) in [5.74, 6) is 2.55. The number of ether oxygens (including phenoxy) is 2. The standard InChI is InChI=1S/C24H20N2O.C23H17BrN2O.2C22H15BrN2.C20H14N2O/c1-15-7-6-12-26-21(15)14-19-18-8-4-5-9-20(18)25-23(24(19)26)17-11-10-16(2)22(13-17)27-3;1-14-7-8-15(11-21(14)27-2)22-23-19(18-5-3-4-6-20(18)25-22)12-17-10-9-16(24)13-26(17)23;2*1-14-6-8-15(9-7-14)21-22-19(18-4-2-3-5-20(18)24-21)12-17-11-10-16(23)13-25(17)22;1-13-6-4-10-22-17(13)12-15-14-7-2-3-8-16(14)21-19(20(15)22)18-9-5-11-23-18/h4-14H,1-3H3;3-13H,1-2H3;2*2-13H,1H3;2-12H,1H3. The van der Waals surface area contributed by atoms with Gasteiger partial charge >= 0.3 is 0 Å². The van der Waals surface area contributed by atoms with Crippen molar-refractivity contribution in [3.05, 3.63) is 393 Å². The first-order valence-electron chi connectivity index (χ1n) is 42.1. The van der Waals surface area contributed by atoms with Gasteiger partial charge in [0.05, 0.1) is 98.4 Å². The molecular weight excluding hydrogens is 1760 g/mol. The number of rotatable bonds is 7. The Balaban J connectivity index is 0.0000000968. The number of benzene rings is 9. The molecule has 9 aromatic carbocycles. The number of aryl methyl sites for hydroxylation is 6. The van der Waals surface area contributed by atoms with Gasteiger partial charge in [0.25, 0.3) is 0 Å². The molecule has 0 atom stereocenters. The second kappa shape index (κ2) is 32.8. The number of hydrogen-bond donors (Lipinski definition) is 0. The van der Waals surface area contributed by atoms with Crippen LogP contribution in [-0.4, -0.2) is 61.1 Å². The number of nitrogens with zero attached hydrogens (tertiary/aromatic N) is 10. The zero-order valence-corrected chi connectivity index (χ0v) is 75.5. The van der Waals surface area contributed by atoms with E-state index in [4.69, 9.17) is 38.8 Å². The fraction of sp³-hybridized carbons (Fsp3) is 0.0721. The molecule has 13 nitrogen and oxygen atoms in total. The van der Waals surface area contributed by atoms with Crippen LogP contribution in [0.5, 0.6) is 11.5 Å². The summed E-state index contributed by atoms with van der Waals surface area (Å²) in [5, 5.41) is 12.0. The predicted molar refractivity (Wildman–Crippen MR) is 535 cm³/mol. The van der Waals surface area contributed by atoms with Crippen molar-refractivity contribution < 1.29 is 13.9 Å². The first-order valence-corrected chi connectivity index (χ1v) is 44.5. The Morgan fingerprint density at radius 2 is 0.567 bits per heavy atom. The molecule has 0 bridgehead atoms. The number of para-hydroxylation sites is 5. The van der Waals surface area contributed by atoms with Crippen molar-refractivity contribution in [2.24, 2.45) is 0 Å². The molecule has 0 aliphatic heterocycles. The lowest BCUT2D eigenvalue weighted by atomic mass is 10.0. The average Bonchev–Trinajstić information content (AvgIpc) is 1.62. The van der Waals surface area contributed by atoms with Crippen LogP contribution in [0.3, 0.4) is 0 Å². The highest BCUT2D eigenvalue weighted by atomic mass is 79.9. The van der Waals surface area contributed by atoms with Crippen LogP contribution in [0.15, 0.2) is 364 Å². The maximum absolute atomic E-state index is 5.65. The molecule has 16 aromatic heterocycles. The van der Waals surface area contributed by atoms with Gasteiger partial charge in [-0.05, 0) is 245 Å². The molecule has 0 unspecified atom stereocenters. The Morgan fingerprint density at radius 3 is 0.906 bits per heavy atom. The summed E-state index contributed by atoms with van der Waals surface area (Å²) >= 11 is 10.8. The van der Waals surface area contributed by atoms with Gasteiger partial charge in [0, 0.05) is 148 Å². The third-order valence-electron chi connectivity index (χ3n) is 24.3. The molecule has 0 saturated heterocycles. The van der Waals surface area contributed by atoms with Crippen molar-refractivity contribution in [2.45, 2.75) is 41.5 Å². The molecule has 127 heavy (non-hydrogen) atoms. The molecule has 0 spiro atoms. The van der Waals surface area contributed by atoms with Crippen molar-refractivity contribution in [1.82, 2.24) is 46.9 Å². The van der Waals surface area contributed by atoms with E-state index in [-0.39, 0.29) is 0 Å². The molecule has 0 fully saturated rings. The molecule has 614 valence electrons. The molecular formula is C111H81Br3N10O3. The van der Waals surface area contributed by atoms with Crippen LogP contribution >= 0.6 is 47.8 Å². The van der Waals surface area contributed by atoms with E-state index in [1.54, 1.807) is 20.5 Å². The molecule has 0 aliphatic rings. The van der Waals surface area contributed by atoms with Crippen molar-refractivity contribution in [3.63, 3.8) is 0 Å². The van der Waals surface area contributed by atoms with E-state index in [9.17, 15) is 0 Å². The Morgan fingerprint density at radius 1 is 0.260 bits per heavy atom. The van der Waals surface area contributed by atoms with E-state index in [1.165, 1.54) is 92.8 Å². The maximum Gasteiger partial charge on any atom is 0.154 e. The quantitative estimate of drug-likeness (QED) is 0.155. The van der Waals surface area contributed by atoms with Crippen LogP contribution < -0.4 is 9.47 Å². The Labute approximate surface area is 756 Å².